The van der Waals surface area contributed by atoms with Crippen LogP contribution < -0.4 is 11.1 Å². The fourth-order valence-corrected chi connectivity index (χ4v) is 4.59. The lowest BCUT2D eigenvalue weighted by Crippen LogP contribution is -2.53. The van der Waals surface area contributed by atoms with Crippen LogP contribution in [0.15, 0.2) is 52.7 Å². The van der Waals surface area contributed by atoms with Gasteiger partial charge in [-0.15, -0.1) is 11.3 Å². The minimum Gasteiger partial charge on any atom is -0.468 e. The molecule has 0 amide bonds. The third-order valence-corrected chi connectivity index (χ3v) is 6.58. The van der Waals surface area contributed by atoms with Gasteiger partial charge in [-0.25, -0.2) is 18.9 Å². The first-order chi connectivity index (χ1) is 17.2. The van der Waals surface area contributed by atoms with Gasteiger partial charge in [0.25, 0.3) is 0 Å². The number of aliphatic hydroxyl groups excluding tert-OH is 1. The standard InChI is InChI=1S/C22H20ClF3N6O3S/c1-35-20(34)22(27,10-33)9-15-16(14-4-6-32(31-14)21(25)26)17(12-3-2-11(24)8-13(12)23)30-18(29-15)19-28-5-7-36-19/h2-8,17,21,33H,9-10,27H2,1H3,(H,29,30)/t17-,22+/m0/s1. The second-order valence-electron chi connectivity index (χ2n) is 7.84. The van der Waals surface area contributed by atoms with E-state index in [-0.39, 0.29) is 34.2 Å². The minimum absolute atomic E-state index is 0.0309. The first-order valence-corrected chi connectivity index (χ1v) is 11.7. The number of aromatic nitrogens is 3. The number of methoxy groups -OCH3 is 1. The number of carbonyl (C=O) groups is 1. The number of esters is 1. The summed E-state index contributed by atoms with van der Waals surface area (Å²) in [5.74, 6) is -1.21. The molecule has 0 saturated heterocycles. The Bertz CT molecular complexity index is 1330. The molecule has 3 aromatic rings. The van der Waals surface area contributed by atoms with Gasteiger partial charge in [0, 0.05) is 46.1 Å². The van der Waals surface area contributed by atoms with Gasteiger partial charge >= 0.3 is 12.5 Å². The van der Waals surface area contributed by atoms with E-state index in [0.29, 0.717) is 15.3 Å². The number of thiazole rings is 1. The number of nitrogens with one attached hydrogen (secondary N) is 1. The molecule has 0 radical (unpaired) electrons. The highest BCUT2D eigenvalue weighted by atomic mass is 35.5. The molecule has 190 valence electrons. The topological polar surface area (TPSA) is 128 Å². The molecule has 1 aliphatic rings. The number of benzene rings is 1. The number of nitrogens with zero attached hydrogens (tertiary/aromatic N) is 4. The minimum atomic E-state index is -2.91. The Balaban J connectivity index is 1.96. The molecule has 14 heteroatoms. The van der Waals surface area contributed by atoms with Crippen molar-refractivity contribution in [1.29, 1.82) is 0 Å². The van der Waals surface area contributed by atoms with E-state index >= 15 is 0 Å². The molecule has 0 spiro atoms. The van der Waals surface area contributed by atoms with E-state index in [0.717, 1.165) is 19.4 Å². The number of halogens is 4. The molecule has 0 fully saturated rings. The normalized spacial score (nSPS) is 17.6. The molecule has 3 heterocycles. The lowest BCUT2D eigenvalue weighted by atomic mass is 9.87. The Hall–Kier alpha value is -3.26. The predicted octanol–water partition coefficient (Wildman–Crippen LogP) is 3.28. The van der Waals surface area contributed by atoms with Crippen LogP contribution in [0.3, 0.4) is 0 Å². The highest BCUT2D eigenvalue weighted by Crippen LogP contribution is 2.42. The molecule has 0 saturated carbocycles. The monoisotopic (exact) mass is 540 g/mol. The van der Waals surface area contributed by atoms with Crippen molar-refractivity contribution in [3.63, 3.8) is 0 Å². The van der Waals surface area contributed by atoms with E-state index in [2.05, 4.69) is 15.4 Å². The van der Waals surface area contributed by atoms with Gasteiger partial charge in [-0.05, 0) is 18.2 Å². The number of ether oxygens (including phenoxy) is 1. The molecule has 2 atom stereocenters. The summed E-state index contributed by atoms with van der Waals surface area (Å²) < 4.78 is 45.8. The molecular formula is C22H20ClF3N6O3S. The van der Waals surface area contributed by atoms with E-state index in [1.807, 2.05) is 0 Å². The van der Waals surface area contributed by atoms with Crippen molar-refractivity contribution in [2.45, 2.75) is 24.6 Å². The summed E-state index contributed by atoms with van der Waals surface area (Å²) in [4.78, 5) is 21.4. The van der Waals surface area contributed by atoms with E-state index in [4.69, 9.17) is 27.1 Å². The zero-order valence-electron chi connectivity index (χ0n) is 18.7. The van der Waals surface area contributed by atoms with Crippen LogP contribution in [-0.4, -0.2) is 50.9 Å². The number of hydrogen-bond donors (Lipinski definition) is 3. The summed E-state index contributed by atoms with van der Waals surface area (Å²) in [5, 5.41) is 19.2. The maximum Gasteiger partial charge on any atom is 0.333 e. The highest BCUT2D eigenvalue weighted by Gasteiger charge is 2.40. The number of nitrogens with two attached hydrogens (primary N) is 1. The van der Waals surface area contributed by atoms with Crippen LogP contribution in [0.5, 0.6) is 0 Å². The molecule has 1 aromatic carbocycles. The number of hydrogen-bond acceptors (Lipinski definition) is 9. The van der Waals surface area contributed by atoms with Crippen molar-refractivity contribution < 1.29 is 27.8 Å². The molecular weight excluding hydrogens is 521 g/mol. The molecule has 0 aliphatic carbocycles. The van der Waals surface area contributed by atoms with Gasteiger partial charge in [-0.3, -0.25) is 4.99 Å². The van der Waals surface area contributed by atoms with E-state index in [9.17, 15) is 23.1 Å². The van der Waals surface area contributed by atoms with Gasteiger partial charge in [0.1, 0.15) is 17.4 Å². The molecule has 9 nitrogen and oxygen atoms in total. The van der Waals surface area contributed by atoms with Gasteiger partial charge in [0.05, 0.1) is 19.4 Å². The molecule has 4 rings (SSSR count). The SMILES string of the molecule is COC(=O)[C@](N)(CO)CC1=C(c2ccn(C(F)F)n2)[C@H](c2ccc(F)cc2Cl)N=C(c2nccs2)N1. The summed E-state index contributed by atoms with van der Waals surface area (Å²) >= 11 is 7.64. The van der Waals surface area contributed by atoms with Gasteiger partial charge in [0.15, 0.2) is 10.8 Å². The van der Waals surface area contributed by atoms with E-state index in [1.165, 1.54) is 29.5 Å². The van der Waals surface area contributed by atoms with Gasteiger partial charge < -0.3 is 20.9 Å². The van der Waals surface area contributed by atoms with Crippen molar-refractivity contribution in [2.75, 3.05) is 13.7 Å². The number of aliphatic hydroxyl groups is 1. The van der Waals surface area contributed by atoms with Crippen LogP contribution in [0.1, 0.15) is 35.3 Å². The average molecular weight is 541 g/mol. The summed E-state index contributed by atoms with van der Waals surface area (Å²) in [6.07, 6.45) is 2.32. The smallest absolute Gasteiger partial charge is 0.333 e. The second kappa shape index (κ2) is 10.4. The Kier molecular flexibility index (Phi) is 7.45. The third kappa shape index (κ3) is 5.00. The second-order valence-corrected chi connectivity index (χ2v) is 9.14. The molecule has 0 bridgehead atoms. The number of rotatable bonds is 8. The molecule has 4 N–H and O–H groups in total. The summed E-state index contributed by atoms with van der Waals surface area (Å²) in [5.41, 5.74) is 5.22. The zero-order valence-corrected chi connectivity index (χ0v) is 20.2. The molecule has 36 heavy (non-hydrogen) atoms. The van der Waals surface area contributed by atoms with Crippen LogP contribution in [0.2, 0.25) is 5.02 Å². The molecule has 1 aliphatic heterocycles. The lowest BCUT2D eigenvalue weighted by molar-refractivity contribution is -0.148. The highest BCUT2D eigenvalue weighted by molar-refractivity contribution is 7.11. The Morgan fingerprint density at radius 3 is 2.78 bits per heavy atom. The van der Waals surface area contributed by atoms with Crippen LogP contribution in [0.4, 0.5) is 13.2 Å². The maximum absolute atomic E-state index is 13.9. The number of carbonyl (C=O) groups excluding carboxylic acids is 1. The number of alkyl halides is 2. The van der Waals surface area contributed by atoms with Crippen LogP contribution in [0, 0.1) is 5.82 Å². The van der Waals surface area contributed by atoms with Crippen LogP contribution in [-0.2, 0) is 9.53 Å². The largest absolute Gasteiger partial charge is 0.468 e. The number of amidine groups is 1. The average Bonchev–Trinajstić information content (AvgIpc) is 3.56. The van der Waals surface area contributed by atoms with Crippen LogP contribution in [0.25, 0.3) is 5.57 Å². The van der Waals surface area contributed by atoms with Crippen molar-refractivity contribution in [2.24, 2.45) is 10.7 Å². The van der Waals surface area contributed by atoms with Gasteiger partial charge in [-0.1, -0.05) is 17.7 Å². The summed E-state index contributed by atoms with van der Waals surface area (Å²) in [6, 6.07) is 4.07. The van der Waals surface area contributed by atoms with Crippen molar-refractivity contribution in [1.82, 2.24) is 20.1 Å². The third-order valence-electron chi connectivity index (χ3n) is 5.47. The number of aliphatic imine (C=N–C) groups is 1. The van der Waals surface area contributed by atoms with Crippen molar-refractivity contribution in [3.8, 4) is 0 Å². The zero-order chi connectivity index (χ0) is 26.0. The maximum atomic E-state index is 13.9. The Morgan fingerprint density at radius 2 is 2.19 bits per heavy atom. The lowest BCUT2D eigenvalue weighted by Gasteiger charge is -2.32. The summed E-state index contributed by atoms with van der Waals surface area (Å²) in [6.45, 7) is -3.70. The fourth-order valence-electron chi connectivity index (χ4n) is 3.73. The summed E-state index contributed by atoms with van der Waals surface area (Å²) in [7, 11) is 1.12. The quantitative estimate of drug-likeness (QED) is 0.374. The molecule has 0 unspecified atom stereocenters. The van der Waals surface area contributed by atoms with Crippen LogP contribution >= 0.6 is 22.9 Å². The first kappa shape index (κ1) is 25.8. The predicted molar refractivity (Wildman–Crippen MR) is 127 cm³/mol. The van der Waals surface area contributed by atoms with E-state index < -0.39 is 36.5 Å². The fraction of sp³-hybridized carbons (Fsp3) is 0.273. The van der Waals surface area contributed by atoms with Gasteiger partial charge in [0.2, 0.25) is 0 Å². The molecule has 2 aromatic heterocycles. The Morgan fingerprint density at radius 1 is 1.42 bits per heavy atom. The van der Waals surface area contributed by atoms with E-state index in [1.54, 1.807) is 11.6 Å². The van der Waals surface area contributed by atoms with Crippen molar-refractivity contribution >= 4 is 40.3 Å². The van der Waals surface area contributed by atoms with Gasteiger partial charge in [-0.2, -0.15) is 13.9 Å². The first-order valence-electron chi connectivity index (χ1n) is 10.4. The van der Waals surface area contributed by atoms with Crippen molar-refractivity contribution in [3.05, 3.63) is 74.8 Å². The Labute approximate surface area is 212 Å².